The third-order valence-corrected chi connectivity index (χ3v) is 8.76. The van der Waals surface area contributed by atoms with Crippen LogP contribution >= 0.6 is 0 Å². The van der Waals surface area contributed by atoms with Crippen LogP contribution in [0.1, 0.15) is 44.2 Å². The zero-order chi connectivity index (χ0) is 23.0. The number of fused-ring (bicyclic) bond motifs is 2. The van der Waals surface area contributed by atoms with Gasteiger partial charge in [-0.3, -0.25) is 5.10 Å². The lowest BCUT2D eigenvalue weighted by molar-refractivity contribution is 0.102. The first-order valence-corrected chi connectivity index (χ1v) is 12.8. The Hall–Kier alpha value is -2.48. The van der Waals surface area contributed by atoms with Gasteiger partial charge in [-0.05, 0) is 32.1 Å². The number of ether oxygens (including phenoxy) is 1. The summed E-state index contributed by atoms with van der Waals surface area (Å²) in [5.41, 5.74) is 0.586. The summed E-state index contributed by atoms with van der Waals surface area (Å²) in [6, 6.07) is 3.40. The van der Waals surface area contributed by atoms with Crippen molar-refractivity contribution >= 4 is 27.8 Å². The van der Waals surface area contributed by atoms with Gasteiger partial charge in [-0.2, -0.15) is 32.1 Å². The Morgan fingerprint density at radius 1 is 1.15 bits per heavy atom. The molecule has 3 saturated heterocycles. The van der Waals surface area contributed by atoms with Crippen LogP contribution in [0, 0.1) is 0 Å². The van der Waals surface area contributed by atoms with Gasteiger partial charge < -0.3 is 20.5 Å². The highest BCUT2D eigenvalue weighted by molar-refractivity contribution is 7.86. The summed E-state index contributed by atoms with van der Waals surface area (Å²) in [6.45, 7) is 1.12. The zero-order valence-corrected chi connectivity index (χ0v) is 19.4. The van der Waals surface area contributed by atoms with Crippen molar-refractivity contribution < 1.29 is 18.3 Å². The first-order chi connectivity index (χ1) is 16.0. The van der Waals surface area contributed by atoms with E-state index in [1.165, 1.54) is 7.11 Å². The van der Waals surface area contributed by atoms with Crippen LogP contribution in [-0.4, -0.2) is 80.6 Å². The lowest BCUT2D eigenvalue weighted by Crippen LogP contribution is -2.62. The summed E-state index contributed by atoms with van der Waals surface area (Å²) < 4.78 is 35.0. The molecule has 3 atom stereocenters. The highest BCUT2D eigenvalue weighted by Gasteiger charge is 2.47. The van der Waals surface area contributed by atoms with Gasteiger partial charge in [0.1, 0.15) is 5.82 Å². The molecule has 2 aromatic heterocycles. The van der Waals surface area contributed by atoms with E-state index in [0.717, 1.165) is 25.7 Å². The number of H-pyrrole nitrogens is 1. The predicted molar refractivity (Wildman–Crippen MR) is 121 cm³/mol. The van der Waals surface area contributed by atoms with E-state index in [1.54, 1.807) is 20.7 Å². The van der Waals surface area contributed by atoms with Crippen molar-refractivity contribution in [1.29, 1.82) is 0 Å². The van der Waals surface area contributed by atoms with Gasteiger partial charge in [-0.1, -0.05) is 6.42 Å². The van der Waals surface area contributed by atoms with Crippen LogP contribution in [0.2, 0.25) is 0 Å². The lowest BCUT2D eigenvalue weighted by Gasteiger charge is -2.50. The van der Waals surface area contributed by atoms with E-state index >= 15 is 0 Å². The molecular formula is C20H30N8O4S. The summed E-state index contributed by atoms with van der Waals surface area (Å²) in [5, 5.41) is 22.5. The molecule has 0 unspecified atom stereocenters. The number of hydrogen-bond acceptors (Lipinski definition) is 9. The fourth-order valence-electron chi connectivity index (χ4n) is 4.96. The highest BCUT2D eigenvalue weighted by atomic mass is 32.2. The molecule has 12 nitrogen and oxygen atoms in total. The fourth-order valence-corrected chi connectivity index (χ4v) is 7.09. The number of aromatic amines is 1. The zero-order valence-electron chi connectivity index (χ0n) is 18.6. The second kappa shape index (κ2) is 9.05. The molecule has 5 heterocycles. The van der Waals surface area contributed by atoms with Gasteiger partial charge in [0.2, 0.25) is 11.8 Å². The number of hydrogen-bond donors (Lipinski definition) is 4. The molecule has 180 valence electrons. The molecule has 0 spiro atoms. The number of nitrogens with zero attached hydrogens (tertiary/aromatic N) is 5. The maximum absolute atomic E-state index is 13.1. The minimum absolute atomic E-state index is 0.00948. The number of methoxy groups -OCH3 is 1. The second-order valence-corrected chi connectivity index (χ2v) is 10.7. The van der Waals surface area contributed by atoms with E-state index in [-0.39, 0.29) is 24.7 Å². The fraction of sp³-hybridized carbons (Fsp3) is 0.650. The Kier molecular flexibility index (Phi) is 6.12. The van der Waals surface area contributed by atoms with E-state index in [1.807, 2.05) is 0 Å². The number of aliphatic hydroxyl groups is 1. The number of aromatic nitrogens is 4. The molecule has 0 aromatic carbocycles. The van der Waals surface area contributed by atoms with Crippen molar-refractivity contribution in [2.24, 2.45) is 0 Å². The Morgan fingerprint density at radius 2 is 1.91 bits per heavy atom. The van der Waals surface area contributed by atoms with Crippen molar-refractivity contribution in [3.05, 3.63) is 17.8 Å². The molecule has 0 aliphatic carbocycles. The first kappa shape index (κ1) is 22.3. The van der Waals surface area contributed by atoms with Gasteiger partial charge in [0.05, 0.1) is 19.4 Å². The quantitative estimate of drug-likeness (QED) is 0.439. The topological polar surface area (TPSA) is 149 Å². The van der Waals surface area contributed by atoms with Gasteiger partial charge >= 0.3 is 0 Å². The number of anilines is 3. The van der Waals surface area contributed by atoms with E-state index in [2.05, 4.69) is 30.8 Å². The number of piperidine rings is 2. The molecule has 3 aliphatic rings. The second-order valence-electron chi connectivity index (χ2n) is 8.82. The largest absolute Gasteiger partial charge is 0.481 e. The molecule has 4 N–H and O–H groups in total. The molecule has 3 aliphatic heterocycles. The SMILES string of the molecule is COc1cc(Nc2cc(CO)[nH]n2)nc(N[C@H]2C[C@H]3CCC[C@@H](C2)N3S(=O)(=O)N2CCC2)n1. The summed E-state index contributed by atoms with van der Waals surface area (Å²) in [5.74, 6) is 1.82. The van der Waals surface area contributed by atoms with Gasteiger partial charge in [-0.25, -0.2) is 0 Å². The van der Waals surface area contributed by atoms with Crippen LogP contribution in [0.15, 0.2) is 12.1 Å². The van der Waals surface area contributed by atoms with Crippen LogP contribution in [0.25, 0.3) is 0 Å². The Balaban J connectivity index is 1.31. The van der Waals surface area contributed by atoms with Crippen molar-refractivity contribution in [2.45, 2.75) is 63.3 Å². The van der Waals surface area contributed by atoms with Crippen molar-refractivity contribution in [3.63, 3.8) is 0 Å². The minimum Gasteiger partial charge on any atom is -0.481 e. The molecule has 2 aromatic rings. The summed E-state index contributed by atoms with van der Waals surface area (Å²) in [6.07, 6.45) is 5.17. The average Bonchev–Trinajstić information content (AvgIpc) is 3.18. The number of rotatable bonds is 8. The highest BCUT2D eigenvalue weighted by Crippen LogP contribution is 2.38. The van der Waals surface area contributed by atoms with Gasteiger partial charge in [-0.15, -0.1) is 0 Å². The van der Waals surface area contributed by atoms with Gasteiger partial charge in [0.15, 0.2) is 5.82 Å². The monoisotopic (exact) mass is 478 g/mol. The van der Waals surface area contributed by atoms with E-state index in [4.69, 9.17) is 4.74 Å². The van der Waals surface area contributed by atoms with E-state index in [0.29, 0.717) is 55.1 Å². The first-order valence-electron chi connectivity index (χ1n) is 11.4. The average molecular weight is 479 g/mol. The van der Waals surface area contributed by atoms with Crippen LogP contribution in [-0.2, 0) is 16.8 Å². The van der Waals surface area contributed by atoms with Crippen LogP contribution in [0.3, 0.4) is 0 Å². The molecule has 0 amide bonds. The standard InChI is InChI=1S/C20H30N8O4S/c1-32-19-11-17(22-18-10-14(12-29)25-26-18)23-20(24-19)21-13-8-15-4-2-5-16(9-13)28(15)33(30,31)27-6-3-7-27/h10-11,13,15-16,29H,2-9,12H2,1H3,(H3,21,22,23,24,25,26)/t13-,15+,16-. The summed E-state index contributed by atoms with van der Waals surface area (Å²) in [7, 11) is -1.84. The van der Waals surface area contributed by atoms with E-state index in [9.17, 15) is 13.5 Å². The number of aliphatic hydroxyl groups excluding tert-OH is 1. The third-order valence-electron chi connectivity index (χ3n) is 6.62. The van der Waals surface area contributed by atoms with Crippen molar-refractivity contribution in [1.82, 2.24) is 28.8 Å². The predicted octanol–water partition coefficient (Wildman–Crippen LogP) is 1.19. The Morgan fingerprint density at radius 3 is 2.52 bits per heavy atom. The van der Waals surface area contributed by atoms with Crippen LogP contribution < -0.4 is 15.4 Å². The smallest absolute Gasteiger partial charge is 0.282 e. The van der Waals surface area contributed by atoms with Gasteiger partial charge in [0, 0.05) is 43.3 Å². The minimum atomic E-state index is -3.38. The molecule has 3 fully saturated rings. The molecule has 0 radical (unpaired) electrons. The summed E-state index contributed by atoms with van der Waals surface area (Å²) >= 11 is 0. The third kappa shape index (κ3) is 4.50. The Labute approximate surface area is 192 Å². The van der Waals surface area contributed by atoms with Gasteiger partial charge in [0.25, 0.3) is 10.2 Å². The molecular weight excluding hydrogens is 448 g/mol. The molecule has 33 heavy (non-hydrogen) atoms. The molecule has 5 rings (SSSR count). The number of nitrogens with one attached hydrogen (secondary N) is 3. The van der Waals surface area contributed by atoms with Crippen LogP contribution in [0.4, 0.5) is 17.6 Å². The molecule has 13 heteroatoms. The molecule has 2 bridgehead atoms. The normalized spacial score (nSPS) is 25.9. The Bertz CT molecular complexity index is 1080. The summed E-state index contributed by atoms with van der Waals surface area (Å²) in [4.78, 5) is 8.98. The molecule has 0 saturated carbocycles. The maximum Gasteiger partial charge on any atom is 0.282 e. The van der Waals surface area contributed by atoms with Crippen LogP contribution in [0.5, 0.6) is 5.88 Å². The van der Waals surface area contributed by atoms with Crippen molar-refractivity contribution in [3.8, 4) is 5.88 Å². The maximum atomic E-state index is 13.1. The van der Waals surface area contributed by atoms with E-state index < -0.39 is 10.2 Å². The lowest BCUT2D eigenvalue weighted by atomic mass is 9.84. The van der Waals surface area contributed by atoms with Crippen molar-refractivity contribution in [2.75, 3.05) is 30.8 Å².